The van der Waals surface area contributed by atoms with Crippen LogP contribution in [0, 0.1) is 0 Å². The van der Waals surface area contributed by atoms with Crippen LogP contribution in [0.1, 0.15) is 35.8 Å². The summed E-state index contributed by atoms with van der Waals surface area (Å²) in [7, 11) is 0. The average Bonchev–Trinajstić information content (AvgIpc) is 2.60. The number of halogens is 2. The van der Waals surface area contributed by atoms with Crippen molar-refractivity contribution in [2.45, 2.75) is 19.9 Å². The van der Waals surface area contributed by atoms with Crippen molar-refractivity contribution >= 4 is 35.0 Å². The van der Waals surface area contributed by atoms with E-state index in [1.165, 1.54) is 0 Å². The minimum absolute atomic E-state index is 0.137. The first-order valence-electron chi connectivity index (χ1n) is 8.16. The fourth-order valence-corrected chi connectivity index (χ4v) is 2.93. The van der Waals surface area contributed by atoms with Crippen LogP contribution in [0.2, 0.25) is 10.0 Å². The summed E-state index contributed by atoms with van der Waals surface area (Å²) < 4.78 is 5.33. The van der Waals surface area contributed by atoms with Gasteiger partial charge in [0.2, 0.25) is 5.91 Å². The second-order valence-corrected chi connectivity index (χ2v) is 6.44. The lowest BCUT2D eigenvalue weighted by molar-refractivity contribution is -0.120. The van der Waals surface area contributed by atoms with Crippen LogP contribution in [-0.2, 0) is 4.79 Å². The van der Waals surface area contributed by atoms with E-state index in [0.717, 1.165) is 5.56 Å². The van der Waals surface area contributed by atoms with Gasteiger partial charge < -0.3 is 15.4 Å². The molecule has 1 atom stereocenters. The van der Waals surface area contributed by atoms with E-state index in [4.69, 9.17) is 27.9 Å². The molecule has 2 amide bonds. The highest BCUT2D eigenvalue weighted by atomic mass is 35.5. The van der Waals surface area contributed by atoms with Gasteiger partial charge in [-0.1, -0.05) is 29.3 Å². The monoisotopic (exact) mass is 394 g/mol. The highest BCUT2D eigenvalue weighted by molar-refractivity contribution is 6.35. The van der Waals surface area contributed by atoms with Gasteiger partial charge in [0.1, 0.15) is 5.75 Å². The molecule has 0 aliphatic carbocycles. The van der Waals surface area contributed by atoms with Crippen LogP contribution in [0.5, 0.6) is 5.75 Å². The normalized spacial score (nSPS) is 11.5. The zero-order chi connectivity index (χ0) is 19.1. The first-order valence-corrected chi connectivity index (χ1v) is 8.91. The Kier molecular flexibility index (Phi) is 7.30. The number of hydrogen-bond acceptors (Lipinski definition) is 3. The molecule has 0 radical (unpaired) electrons. The summed E-state index contributed by atoms with van der Waals surface area (Å²) in [5.74, 6) is 0.0404. The summed E-state index contributed by atoms with van der Waals surface area (Å²) in [6.07, 6.45) is 0. The zero-order valence-corrected chi connectivity index (χ0v) is 16.0. The zero-order valence-electron chi connectivity index (χ0n) is 14.5. The van der Waals surface area contributed by atoms with Gasteiger partial charge in [-0.25, -0.2) is 0 Å². The van der Waals surface area contributed by atoms with E-state index in [1.807, 2.05) is 6.92 Å². The first kappa shape index (κ1) is 20.1. The number of rotatable bonds is 7. The van der Waals surface area contributed by atoms with E-state index in [9.17, 15) is 9.59 Å². The molecule has 0 fully saturated rings. The van der Waals surface area contributed by atoms with Crippen LogP contribution in [0.4, 0.5) is 0 Å². The molecule has 2 N–H and O–H groups in total. The molecule has 0 aromatic heterocycles. The van der Waals surface area contributed by atoms with Crippen LogP contribution in [0.3, 0.4) is 0 Å². The fourth-order valence-electron chi connectivity index (χ4n) is 2.35. The third kappa shape index (κ3) is 5.64. The minimum atomic E-state index is -0.333. The molecule has 0 spiro atoms. The number of amides is 2. The topological polar surface area (TPSA) is 67.4 Å². The van der Waals surface area contributed by atoms with Gasteiger partial charge in [0, 0.05) is 15.6 Å². The van der Waals surface area contributed by atoms with E-state index in [0.29, 0.717) is 28.0 Å². The Labute approximate surface area is 162 Å². The van der Waals surface area contributed by atoms with E-state index in [1.54, 1.807) is 49.4 Å². The van der Waals surface area contributed by atoms with E-state index in [2.05, 4.69) is 10.6 Å². The van der Waals surface area contributed by atoms with Crippen molar-refractivity contribution in [1.29, 1.82) is 0 Å². The molecule has 0 saturated carbocycles. The lowest BCUT2D eigenvalue weighted by Gasteiger charge is -2.16. The third-order valence-corrected chi connectivity index (χ3v) is 4.21. The largest absolute Gasteiger partial charge is 0.494 e. The summed E-state index contributed by atoms with van der Waals surface area (Å²) in [5.41, 5.74) is 1.21. The Hall–Kier alpha value is -2.24. The molecule has 2 aromatic rings. The predicted octanol–water partition coefficient (Wildman–Crippen LogP) is 4.00. The lowest BCUT2D eigenvalue weighted by Crippen LogP contribution is -2.38. The molecule has 0 aliphatic heterocycles. The Balaban J connectivity index is 1.86. The van der Waals surface area contributed by atoms with E-state index in [-0.39, 0.29) is 24.4 Å². The van der Waals surface area contributed by atoms with Crippen molar-refractivity contribution in [3.8, 4) is 5.75 Å². The SMILES string of the molecule is CCOc1ccc(C(=O)NCC(=O)NC(C)c2ccc(Cl)cc2Cl)cc1. The fraction of sp³-hybridized carbons (Fsp3) is 0.263. The van der Waals surface area contributed by atoms with Gasteiger partial charge in [-0.05, 0) is 55.8 Å². The highest BCUT2D eigenvalue weighted by Crippen LogP contribution is 2.25. The van der Waals surface area contributed by atoms with Crippen LogP contribution in [-0.4, -0.2) is 25.0 Å². The maximum Gasteiger partial charge on any atom is 0.251 e. The Morgan fingerprint density at radius 1 is 1.12 bits per heavy atom. The van der Waals surface area contributed by atoms with Crippen LogP contribution >= 0.6 is 23.2 Å². The van der Waals surface area contributed by atoms with Gasteiger partial charge in [0.05, 0.1) is 19.2 Å². The molecule has 7 heteroatoms. The Morgan fingerprint density at radius 3 is 2.42 bits per heavy atom. The van der Waals surface area contributed by atoms with Gasteiger partial charge in [-0.2, -0.15) is 0 Å². The summed E-state index contributed by atoms with van der Waals surface area (Å²) in [6, 6.07) is 11.5. The molecule has 0 saturated heterocycles. The van der Waals surface area contributed by atoms with Gasteiger partial charge in [-0.15, -0.1) is 0 Å². The molecule has 5 nitrogen and oxygen atoms in total. The third-order valence-electron chi connectivity index (χ3n) is 3.64. The molecule has 138 valence electrons. The number of nitrogens with one attached hydrogen (secondary N) is 2. The lowest BCUT2D eigenvalue weighted by atomic mass is 10.1. The molecule has 2 rings (SSSR count). The molecule has 0 heterocycles. The van der Waals surface area contributed by atoms with Gasteiger partial charge >= 0.3 is 0 Å². The number of carbonyl (C=O) groups excluding carboxylic acids is 2. The van der Waals surface area contributed by atoms with Crippen molar-refractivity contribution in [1.82, 2.24) is 10.6 Å². The molecule has 0 aliphatic rings. The average molecular weight is 395 g/mol. The molecular formula is C19H20Cl2N2O3. The molecular weight excluding hydrogens is 375 g/mol. The van der Waals surface area contributed by atoms with Gasteiger partial charge in [0.25, 0.3) is 5.91 Å². The summed E-state index contributed by atoms with van der Waals surface area (Å²) in [4.78, 5) is 24.2. The van der Waals surface area contributed by atoms with Crippen LogP contribution in [0.15, 0.2) is 42.5 Å². The van der Waals surface area contributed by atoms with Gasteiger partial charge in [0.15, 0.2) is 0 Å². The molecule has 26 heavy (non-hydrogen) atoms. The maximum absolute atomic E-state index is 12.1. The van der Waals surface area contributed by atoms with E-state index < -0.39 is 0 Å². The molecule has 2 aromatic carbocycles. The van der Waals surface area contributed by atoms with Crippen molar-refractivity contribution < 1.29 is 14.3 Å². The first-order chi connectivity index (χ1) is 12.4. The van der Waals surface area contributed by atoms with Crippen LogP contribution in [0.25, 0.3) is 0 Å². The second-order valence-electron chi connectivity index (χ2n) is 5.60. The van der Waals surface area contributed by atoms with Crippen molar-refractivity contribution in [3.63, 3.8) is 0 Å². The maximum atomic E-state index is 12.1. The van der Waals surface area contributed by atoms with E-state index >= 15 is 0 Å². The molecule has 0 bridgehead atoms. The Bertz CT molecular complexity index is 779. The highest BCUT2D eigenvalue weighted by Gasteiger charge is 2.14. The number of ether oxygens (including phenoxy) is 1. The summed E-state index contributed by atoms with van der Waals surface area (Å²) >= 11 is 12.0. The van der Waals surface area contributed by atoms with Crippen molar-refractivity contribution in [3.05, 3.63) is 63.6 Å². The second kappa shape index (κ2) is 9.46. The summed E-state index contributed by atoms with van der Waals surface area (Å²) in [6.45, 7) is 4.11. The quantitative estimate of drug-likeness (QED) is 0.745. The smallest absolute Gasteiger partial charge is 0.251 e. The predicted molar refractivity (Wildman–Crippen MR) is 103 cm³/mol. The Morgan fingerprint density at radius 2 is 1.81 bits per heavy atom. The van der Waals surface area contributed by atoms with Crippen LogP contribution < -0.4 is 15.4 Å². The number of hydrogen-bond donors (Lipinski definition) is 2. The standard InChI is InChI=1S/C19H20Cl2N2O3/c1-3-26-15-7-4-13(5-8-15)19(25)22-11-18(24)23-12(2)16-9-6-14(20)10-17(16)21/h4-10,12H,3,11H2,1-2H3,(H,22,25)(H,23,24). The van der Waals surface area contributed by atoms with Crippen molar-refractivity contribution in [2.24, 2.45) is 0 Å². The van der Waals surface area contributed by atoms with Gasteiger partial charge in [-0.3, -0.25) is 9.59 Å². The molecule has 1 unspecified atom stereocenters. The number of carbonyl (C=O) groups is 2. The number of benzene rings is 2. The minimum Gasteiger partial charge on any atom is -0.494 e. The summed E-state index contributed by atoms with van der Waals surface area (Å²) in [5, 5.41) is 6.38. The van der Waals surface area contributed by atoms with Crippen molar-refractivity contribution in [2.75, 3.05) is 13.2 Å².